The van der Waals surface area contributed by atoms with E-state index in [2.05, 4.69) is 5.32 Å². The van der Waals surface area contributed by atoms with Crippen LogP contribution in [-0.4, -0.2) is 40.4 Å². The first kappa shape index (κ1) is 24.2. The number of hydrogen-bond donors (Lipinski definition) is 1. The van der Waals surface area contributed by atoms with Crippen molar-refractivity contribution in [3.63, 3.8) is 0 Å². The monoisotopic (exact) mass is 497 g/mol. The molecular weight excluding hydrogens is 473 g/mol. The number of sulfonamides is 1. The maximum Gasteiger partial charge on any atom is 0.264 e. The van der Waals surface area contributed by atoms with E-state index in [1.807, 2.05) is 0 Å². The SMILES string of the molecule is COc1ccccc1N(CC(=O)Nc1cccc(N2CCCC2=O)c1)S(=O)(=O)c1ccc(F)cc1. The van der Waals surface area contributed by atoms with Gasteiger partial charge in [-0.3, -0.25) is 13.9 Å². The van der Waals surface area contributed by atoms with Gasteiger partial charge in [0.1, 0.15) is 18.1 Å². The van der Waals surface area contributed by atoms with E-state index < -0.39 is 28.3 Å². The minimum Gasteiger partial charge on any atom is -0.495 e. The minimum absolute atomic E-state index is 0.0150. The van der Waals surface area contributed by atoms with E-state index in [-0.39, 0.29) is 22.2 Å². The number of hydrogen-bond acceptors (Lipinski definition) is 5. The molecule has 1 fully saturated rings. The molecule has 10 heteroatoms. The van der Waals surface area contributed by atoms with Gasteiger partial charge in [0.2, 0.25) is 11.8 Å². The lowest BCUT2D eigenvalue weighted by Gasteiger charge is -2.25. The van der Waals surface area contributed by atoms with Gasteiger partial charge in [0.15, 0.2) is 0 Å². The molecule has 0 unspecified atom stereocenters. The second-order valence-electron chi connectivity index (χ2n) is 7.88. The van der Waals surface area contributed by atoms with Crippen LogP contribution in [0.5, 0.6) is 5.75 Å². The first-order valence-corrected chi connectivity index (χ1v) is 12.4. The molecule has 1 heterocycles. The molecule has 0 spiro atoms. The van der Waals surface area contributed by atoms with Gasteiger partial charge in [-0.15, -0.1) is 0 Å². The smallest absolute Gasteiger partial charge is 0.264 e. The van der Waals surface area contributed by atoms with Crippen molar-refractivity contribution >= 4 is 38.9 Å². The zero-order valence-corrected chi connectivity index (χ0v) is 19.8. The van der Waals surface area contributed by atoms with Crippen LogP contribution in [0.1, 0.15) is 12.8 Å². The van der Waals surface area contributed by atoms with Crippen molar-refractivity contribution < 1.29 is 27.1 Å². The molecule has 3 aromatic rings. The van der Waals surface area contributed by atoms with Crippen LogP contribution in [0.4, 0.5) is 21.5 Å². The van der Waals surface area contributed by atoms with Gasteiger partial charge < -0.3 is 15.0 Å². The highest BCUT2D eigenvalue weighted by atomic mass is 32.2. The van der Waals surface area contributed by atoms with Crippen LogP contribution in [0.15, 0.2) is 77.7 Å². The van der Waals surface area contributed by atoms with Gasteiger partial charge in [-0.25, -0.2) is 12.8 Å². The molecule has 4 rings (SSSR count). The molecule has 0 aliphatic carbocycles. The van der Waals surface area contributed by atoms with E-state index in [9.17, 15) is 22.4 Å². The van der Waals surface area contributed by atoms with Gasteiger partial charge in [-0.2, -0.15) is 0 Å². The van der Waals surface area contributed by atoms with Crippen LogP contribution in [0, 0.1) is 5.82 Å². The summed E-state index contributed by atoms with van der Waals surface area (Å²) in [5.41, 5.74) is 1.24. The van der Waals surface area contributed by atoms with E-state index in [0.29, 0.717) is 24.3 Å². The maximum atomic E-state index is 13.5. The molecule has 0 bridgehead atoms. The predicted octanol–water partition coefficient (Wildman–Crippen LogP) is 3.80. The van der Waals surface area contributed by atoms with Crippen molar-refractivity contribution in [2.24, 2.45) is 0 Å². The lowest BCUT2D eigenvalue weighted by atomic mass is 10.2. The highest BCUT2D eigenvalue weighted by Gasteiger charge is 2.29. The molecule has 3 aromatic carbocycles. The second kappa shape index (κ2) is 10.1. The third kappa shape index (κ3) is 5.27. The maximum absolute atomic E-state index is 13.5. The number of para-hydroxylation sites is 2. The summed E-state index contributed by atoms with van der Waals surface area (Å²) in [7, 11) is -2.85. The van der Waals surface area contributed by atoms with E-state index in [4.69, 9.17) is 4.74 Å². The predicted molar refractivity (Wildman–Crippen MR) is 131 cm³/mol. The van der Waals surface area contributed by atoms with Crippen molar-refractivity contribution in [1.82, 2.24) is 0 Å². The van der Waals surface area contributed by atoms with Crippen LogP contribution in [0.25, 0.3) is 0 Å². The number of carbonyl (C=O) groups is 2. The number of nitrogens with zero attached hydrogens (tertiary/aromatic N) is 2. The standard InChI is InChI=1S/C25H24FN3O5S/c1-34-23-9-3-2-8-22(23)29(35(32,33)21-13-11-18(26)12-14-21)17-24(30)27-19-6-4-7-20(16-19)28-15-5-10-25(28)31/h2-4,6-9,11-14,16H,5,10,15,17H2,1H3,(H,27,30). The molecular formula is C25H24FN3O5S. The number of benzene rings is 3. The lowest BCUT2D eigenvalue weighted by molar-refractivity contribution is -0.117. The van der Waals surface area contributed by atoms with E-state index in [1.165, 1.54) is 13.2 Å². The molecule has 1 saturated heterocycles. The van der Waals surface area contributed by atoms with Crippen LogP contribution < -0.4 is 19.3 Å². The highest BCUT2D eigenvalue weighted by Crippen LogP contribution is 2.32. The fraction of sp³-hybridized carbons (Fsp3) is 0.200. The molecule has 35 heavy (non-hydrogen) atoms. The zero-order valence-electron chi connectivity index (χ0n) is 19.0. The Balaban J connectivity index is 1.63. The quantitative estimate of drug-likeness (QED) is 0.511. The molecule has 1 aliphatic rings. The molecule has 8 nitrogen and oxygen atoms in total. The fourth-order valence-electron chi connectivity index (χ4n) is 3.87. The summed E-state index contributed by atoms with van der Waals surface area (Å²) in [4.78, 5) is 26.6. The average Bonchev–Trinajstić information content (AvgIpc) is 3.28. The van der Waals surface area contributed by atoms with Gasteiger partial charge in [0, 0.05) is 24.3 Å². The van der Waals surface area contributed by atoms with Crippen molar-refractivity contribution in [2.45, 2.75) is 17.7 Å². The normalized spacial score (nSPS) is 13.5. The summed E-state index contributed by atoms with van der Waals surface area (Å²) in [5, 5.41) is 2.71. The molecule has 0 saturated carbocycles. The first-order valence-electron chi connectivity index (χ1n) is 10.9. The van der Waals surface area contributed by atoms with Crippen LogP contribution in [0.2, 0.25) is 0 Å². The summed E-state index contributed by atoms with van der Waals surface area (Å²) in [6.45, 7) is 0.0423. The first-order chi connectivity index (χ1) is 16.8. The van der Waals surface area contributed by atoms with Crippen molar-refractivity contribution in [2.75, 3.05) is 34.7 Å². The van der Waals surface area contributed by atoms with E-state index in [0.717, 1.165) is 35.0 Å². The number of anilines is 3. The number of halogens is 1. The molecule has 0 aromatic heterocycles. The largest absolute Gasteiger partial charge is 0.495 e. The second-order valence-corrected chi connectivity index (χ2v) is 9.75. The van der Waals surface area contributed by atoms with Crippen molar-refractivity contribution in [1.29, 1.82) is 0 Å². The van der Waals surface area contributed by atoms with Gasteiger partial charge in [-0.1, -0.05) is 18.2 Å². The Morgan fingerprint density at radius 2 is 1.83 bits per heavy atom. The van der Waals surface area contributed by atoms with Gasteiger partial charge >= 0.3 is 0 Å². The van der Waals surface area contributed by atoms with Crippen LogP contribution in [-0.2, 0) is 19.6 Å². The van der Waals surface area contributed by atoms with E-state index >= 15 is 0 Å². The summed E-state index contributed by atoms with van der Waals surface area (Å²) < 4.78 is 46.6. The third-order valence-electron chi connectivity index (χ3n) is 5.56. The Bertz CT molecular complexity index is 1350. The molecule has 0 atom stereocenters. The summed E-state index contributed by atoms with van der Waals surface area (Å²) in [5.74, 6) is -0.921. The van der Waals surface area contributed by atoms with Gasteiger partial charge in [0.05, 0.1) is 17.7 Å². The summed E-state index contributed by atoms with van der Waals surface area (Å²) in [6.07, 6.45) is 1.25. The van der Waals surface area contributed by atoms with Crippen LogP contribution in [0.3, 0.4) is 0 Å². The third-order valence-corrected chi connectivity index (χ3v) is 7.33. The number of amides is 2. The molecule has 1 N–H and O–H groups in total. The lowest BCUT2D eigenvalue weighted by Crippen LogP contribution is -2.38. The summed E-state index contributed by atoms with van der Waals surface area (Å²) in [6, 6.07) is 17.6. The zero-order chi connectivity index (χ0) is 25.0. The summed E-state index contributed by atoms with van der Waals surface area (Å²) >= 11 is 0. The Morgan fingerprint density at radius 3 is 2.51 bits per heavy atom. The number of rotatable bonds is 8. The Morgan fingerprint density at radius 1 is 1.09 bits per heavy atom. The topological polar surface area (TPSA) is 96.0 Å². The van der Waals surface area contributed by atoms with E-state index in [1.54, 1.807) is 47.4 Å². The number of carbonyl (C=O) groups excluding carboxylic acids is 2. The Hall–Kier alpha value is -3.92. The average molecular weight is 498 g/mol. The number of ether oxygens (including phenoxy) is 1. The Kier molecular flexibility index (Phi) is 7.02. The van der Waals surface area contributed by atoms with Crippen molar-refractivity contribution in [3.05, 3.63) is 78.6 Å². The fourth-order valence-corrected chi connectivity index (χ4v) is 5.30. The molecule has 2 amide bonds. The van der Waals surface area contributed by atoms with Gasteiger partial charge in [0.25, 0.3) is 10.0 Å². The minimum atomic E-state index is -4.25. The van der Waals surface area contributed by atoms with Gasteiger partial charge in [-0.05, 0) is 61.0 Å². The number of methoxy groups -OCH3 is 1. The Labute approximate surface area is 203 Å². The molecule has 182 valence electrons. The highest BCUT2D eigenvalue weighted by molar-refractivity contribution is 7.92. The molecule has 0 radical (unpaired) electrons. The van der Waals surface area contributed by atoms with Crippen LogP contribution >= 0.6 is 0 Å². The van der Waals surface area contributed by atoms with Crippen molar-refractivity contribution in [3.8, 4) is 5.75 Å². The molecule has 1 aliphatic heterocycles. The number of nitrogens with one attached hydrogen (secondary N) is 1.